The maximum atomic E-state index is 13.2. The number of halogens is 4. The molecule has 1 aromatic carbocycles. The van der Waals surface area contributed by atoms with Gasteiger partial charge in [-0.3, -0.25) is 4.79 Å². The first-order valence-corrected chi connectivity index (χ1v) is 6.36. The maximum absolute atomic E-state index is 13.2. The molecule has 1 aliphatic heterocycles. The van der Waals surface area contributed by atoms with Crippen LogP contribution in [0.1, 0.15) is 6.42 Å². The Balaban J connectivity index is 2.09. The summed E-state index contributed by atoms with van der Waals surface area (Å²) >= 11 is 0. The van der Waals surface area contributed by atoms with Crippen molar-refractivity contribution in [3.05, 3.63) is 24.0 Å². The molecule has 0 radical (unpaired) electrons. The highest BCUT2D eigenvalue weighted by atomic mass is 19.4. The van der Waals surface area contributed by atoms with Crippen LogP contribution in [-0.4, -0.2) is 31.8 Å². The summed E-state index contributed by atoms with van der Waals surface area (Å²) in [6.07, 6.45) is -3.88. The molecule has 1 fully saturated rings. The van der Waals surface area contributed by atoms with E-state index in [1.54, 1.807) is 0 Å². The third kappa shape index (κ3) is 4.59. The highest BCUT2D eigenvalue weighted by molar-refractivity contribution is 5.94. The number of ether oxygens (including phenoxy) is 1. The summed E-state index contributed by atoms with van der Waals surface area (Å²) in [6.45, 7) is -0.328. The van der Waals surface area contributed by atoms with Gasteiger partial charge in [-0.1, -0.05) is 0 Å². The largest absolute Gasteiger partial charge is 0.482 e. The summed E-state index contributed by atoms with van der Waals surface area (Å²) in [5, 5.41) is 5.41. The lowest BCUT2D eigenvalue weighted by Gasteiger charge is -2.15. The SMILES string of the molecule is O=C(Nc1cc(F)ccc1OCC(F)(F)F)C1CCNC1. The number of anilines is 1. The fraction of sp³-hybridized carbons (Fsp3) is 0.462. The van der Waals surface area contributed by atoms with E-state index in [-0.39, 0.29) is 23.3 Å². The Morgan fingerprint density at radius 2 is 2.19 bits per heavy atom. The van der Waals surface area contributed by atoms with E-state index in [1.807, 2.05) is 0 Å². The van der Waals surface area contributed by atoms with Crippen LogP contribution in [0.15, 0.2) is 18.2 Å². The van der Waals surface area contributed by atoms with Crippen molar-refractivity contribution >= 4 is 11.6 Å². The van der Waals surface area contributed by atoms with E-state index < -0.39 is 18.6 Å². The minimum Gasteiger partial charge on any atom is -0.482 e. The summed E-state index contributed by atoms with van der Waals surface area (Å²) in [4.78, 5) is 11.9. The number of carbonyl (C=O) groups is 1. The minimum absolute atomic E-state index is 0.101. The number of rotatable bonds is 4. The van der Waals surface area contributed by atoms with Gasteiger partial charge in [0.25, 0.3) is 0 Å². The molecule has 1 aromatic rings. The Kier molecular flexibility index (Phi) is 4.66. The molecular formula is C13H14F4N2O2. The van der Waals surface area contributed by atoms with Gasteiger partial charge in [0.2, 0.25) is 5.91 Å². The summed E-state index contributed by atoms with van der Waals surface area (Å²) in [7, 11) is 0. The molecule has 0 aromatic heterocycles. The number of hydrogen-bond acceptors (Lipinski definition) is 3. The number of carbonyl (C=O) groups excluding carboxylic acids is 1. The zero-order valence-electron chi connectivity index (χ0n) is 11.0. The Labute approximate surface area is 118 Å². The molecule has 0 aliphatic carbocycles. The van der Waals surface area contributed by atoms with Gasteiger partial charge >= 0.3 is 6.18 Å². The van der Waals surface area contributed by atoms with E-state index in [0.29, 0.717) is 19.5 Å². The Bertz CT molecular complexity index is 513. The van der Waals surface area contributed by atoms with E-state index in [9.17, 15) is 22.4 Å². The molecule has 1 unspecified atom stereocenters. The van der Waals surface area contributed by atoms with Gasteiger partial charge in [0.15, 0.2) is 6.61 Å². The predicted octanol–water partition coefficient (Wildman–Crippen LogP) is 2.31. The normalized spacial score (nSPS) is 18.6. The van der Waals surface area contributed by atoms with Gasteiger partial charge in [-0.2, -0.15) is 13.2 Å². The molecule has 8 heteroatoms. The monoisotopic (exact) mass is 306 g/mol. The van der Waals surface area contributed by atoms with Crippen LogP contribution >= 0.6 is 0 Å². The molecule has 1 saturated heterocycles. The maximum Gasteiger partial charge on any atom is 0.422 e. The Hall–Kier alpha value is -1.83. The van der Waals surface area contributed by atoms with Gasteiger partial charge < -0.3 is 15.4 Å². The molecule has 1 atom stereocenters. The molecule has 0 spiro atoms. The Morgan fingerprint density at radius 1 is 1.43 bits per heavy atom. The molecular weight excluding hydrogens is 292 g/mol. The van der Waals surface area contributed by atoms with Crippen LogP contribution in [0.4, 0.5) is 23.2 Å². The molecule has 1 heterocycles. The number of hydrogen-bond donors (Lipinski definition) is 2. The van der Waals surface area contributed by atoms with Crippen molar-refractivity contribution < 1.29 is 27.1 Å². The lowest BCUT2D eigenvalue weighted by Crippen LogP contribution is -2.25. The van der Waals surface area contributed by atoms with E-state index in [2.05, 4.69) is 15.4 Å². The summed E-state index contributed by atoms with van der Waals surface area (Å²) < 4.78 is 54.3. The van der Waals surface area contributed by atoms with Crippen molar-refractivity contribution in [2.24, 2.45) is 5.92 Å². The Morgan fingerprint density at radius 3 is 2.81 bits per heavy atom. The molecule has 1 amide bonds. The number of nitrogens with one attached hydrogen (secondary N) is 2. The molecule has 0 bridgehead atoms. The van der Waals surface area contributed by atoms with Crippen LogP contribution in [0, 0.1) is 11.7 Å². The van der Waals surface area contributed by atoms with Crippen molar-refractivity contribution in [3.63, 3.8) is 0 Å². The summed E-state index contributed by atoms with van der Waals surface area (Å²) in [5.74, 6) is -1.55. The van der Waals surface area contributed by atoms with Crippen molar-refractivity contribution in [2.75, 3.05) is 25.0 Å². The third-order valence-corrected chi connectivity index (χ3v) is 3.02. The smallest absolute Gasteiger partial charge is 0.422 e. The van der Waals surface area contributed by atoms with Gasteiger partial charge in [-0.15, -0.1) is 0 Å². The highest BCUT2D eigenvalue weighted by Crippen LogP contribution is 2.28. The van der Waals surface area contributed by atoms with Crippen LogP contribution in [-0.2, 0) is 4.79 Å². The fourth-order valence-corrected chi connectivity index (χ4v) is 2.00. The number of benzene rings is 1. The molecule has 2 N–H and O–H groups in total. The van der Waals surface area contributed by atoms with Crippen molar-refractivity contribution in [2.45, 2.75) is 12.6 Å². The quantitative estimate of drug-likeness (QED) is 0.839. The van der Waals surface area contributed by atoms with Gasteiger partial charge in [0.1, 0.15) is 11.6 Å². The molecule has 21 heavy (non-hydrogen) atoms. The second kappa shape index (κ2) is 6.30. The molecule has 116 valence electrons. The van der Waals surface area contributed by atoms with E-state index >= 15 is 0 Å². The highest BCUT2D eigenvalue weighted by Gasteiger charge is 2.29. The molecule has 0 saturated carbocycles. The minimum atomic E-state index is -4.51. The summed E-state index contributed by atoms with van der Waals surface area (Å²) in [6, 6.07) is 2.97. The topological polar surface area (TPSA) is 50.4 Å². The lowest BCUT2D eigenvalue weighted by molar-refractivity contribution is -0.153. The number of alkyl halides is 3. The van der Waals surface area contributed by atoms with Crippen molar-refractivity contribution in [3.8, 4) is 5.75 Å². The van der Waals surface area contributed by atoms with Crippen molar-refractivity contribution in [1.29, 1.82) is 0 Å². The average Bonchev–Trinajstić information content (AvgIpc) is 2.90. The van der Waals surface area contributed by atoms with Gasteiger partial charge in [0, 0.05) is 12.6 Å². The lowest BCUT2D eigenvalue weighted by atomic mass is 10.1. The first-order chi connectivity index (χ1) is 9.85. The van der Waals surface area contributed by atoms with E-state index in [0.717, 1.165) is 18.2 Å². The first-order valence-electron chi connectivity index (χ1n) is 6.36. The van der Waals surface area contributed by atoms with E-state index in [1.165, 1.54) is 0 Å². The van der Waals surface area contributed by atoms with Crippen LogP contribution in [0.25, 0.3) is 0 Å². The third-order valence-electron chi connectivity index (χ3n) is 3.02. The van der Waals surface area contributed by atoms with Crippen LogP contribution < -0.4 is 15.4 Å². The second-order valence-corrected chi connectivity index (χ2v) is 4.72. The zero-order valence-corrected chi connectivity index (χ0v) is 11.0. The predicted molar refractivity (Wildman–Crippen MR) is 67.6 cm³/mol. The average molecular weight is 306 g/mol. The zero-order chi connectivity index (χ0) is 15.5. The molecule has 1 aliphatic rings. The molecule has 2 rings (SSSR count). The summed E-state index contributed by atoms with van der Waals surface area (Å²) in [5.41, 5.74) is -0.101. The molecule has 4 nitrogen and oxygen atoms in total. The first kappa shape index (κ1) is 15.6. The fourth-order valence-electron chi connectivity index (χ4n) is 2.00. The van der Waals surface area contributed by atoms with Gasteiger partial charge in [-0.25, -0.2) is 4.39 Å². The van der Waals surface area contributed by atoms with Crippen LogP contribution in [0.5, 0.6) is 5.75 Å². The van der Waals surface area contributed by atoms with Gasteiger partial charge in [-0.05, 0) is 25.1 Å². The van der Waals surface area contributed by atoms with Crippen molar-refractivity contribution in [1.82, 2.24) is 5.32 Å². The van der Waals surface area contributed by atoms with E-state index in [4.69, 9.17) is 0 Å². The van der Waals surface area contributed by atoms with Crippen LogP contribution in [0.3, 0.4) is 0 Å². The van der Waals surface area contributed by atoms with Crippen LogP contribution in [0.2, 0.25) is 0 Å². The van der Waals surface area contributed by atoms with Gasteiger partial charge in [0.05, 0.1) is 11.6 Å². The second-order valence-electron chi connectivity index (χ2n) is 4.72. The number of amides is 1. The standard InChI is InChI=1S/C13H14F4N2O2/c14-9-1-2-11(21-7-13(15,16)17)10(5-9)19-12(20)8-3-4-18-6-8/h1-2,5,8,18H,3-4,6-7H2,(H,19,20).